The average Bonchev–Trinajstić information content (AvgIpc) is 3.28. The van der Waals surface area contributed by atoms with Crippen LogP contribution in [-0.4, -0.2) is 71.2 Å². The summed E-state index contributed by atoms with van der Waals surface area (Å²) in [6.45, 7) is 5.64. The van der Waals surface area contributed by atoms with Crippen molar-refractivity contribution in [3.05, 3.63) is 29.5 Å². The Kier molecular flexibility index (Phi) is 6.90. The summed E-state index contributed by atoms with van der Waals surface area (Å²) >= 11 is 0. The minimum atomic E-state index is -0.454. The van der Waals surface area contributed by atoms with Crippen molar-refractivity contribution < 1.29 is 19.4 Å². The summed E-state index contributed by atoms with van der Waals surface area (Å²) in [5, 5.41) is 14.6. The number of rotatable bonds is 4. The molecular weight excluding hydrogens is 456 g/mol. The van der Waals surface area contributed by atoms with Crippen LogP contribution < -0.4 is 10.1 Å². The minimum absolute atomic E-state index is 0.00359. The predicted octanol–water partition coefficient (Wildman–Crippen LogP) is 4.08. The predicted molar refractivity (Wildman–Crippen MR) is 139 cm³/mol. The van der Waals surface area contributed by atoms with Gasteiger partial charge in [-0.1, -0.05) is 19.3 Å². The third-order valence-electron chi connectivity index (χ3n) is 8.58. The number of aliphatic hydroxyl groups excluding tert-OH is 1. The van der Waals surface area contributed by atoms with Crippen molar-refractivity contribution >= 4 is 22.8 Å². The van der Waals surface area contributed by atoms with Crippen LogP contribution in [0, 0.1) is 5.92 Å². The lowest BCUT2D eigenvalue weighted by Gasteiger charge is -2.50. The van der Waals surface area contributed by atoms with Crippen LogP contribution >= 0.6 is 0 Å². The lowest BCUT2D eigenvalue weighted by molar-refractivity contribution is -0.138. The van der Waals surface area contributed by atoms with Gasteiger partial charge in [0.2, 0.25) is 5.91 Å². The number of carbonyl (C=O) groups is 2. The van der Waals surface area contributed by atoms with Gasteiger partial charge in [0.1, 0.15) is 5.75 Å². The van der Waals surface area contributed by atoms with E-state index >= 15 is 0 Å². The molecule has 3 N–H and O–H groups in total. The van der Waals surface area contributed by atoms with Crippen molar-refractivity contribution in [1.29, 1.82) is 0 Å². The number of carbonyl (C=O) groups excluding carboxylic acids is 2. The SMILES string of the molecule is COc1ccc2c3c([nH]c2c1)[C@H](CO)N(C(=O)NC(C)C)CC31CCN(C(=O)C2CCCCC2)CC1. The number of piperidine rings is 1. The van der Waals surface area contributed by atoms with Crippen LogP contribution in [-0.2, 0) is 10.2 Å². The van der Waals surface area contributed by atoms with E-state index in [-0.39, 0.29) is 30.0 Å². The number of H-pyrrole nitrogens is 1. The summed E-state index contributed by atoms with van der Waals surface area (Å²) in [6, 6.07) is 5.42. The molecule has 1 atom stereocenters. The number of hydrogen-bond donors (Lipinski definition) is 3. The maximum absolute atomic E-state index is 13.3. The fourth-order valence-corrected chi connectivity index (χ4v) is 6.72. The number of likely N-dealkylation sites (tertiary alicyclic amines) is 1. The molecule has 1 spiro atoms. The van der Waals surface area contributed by atoms with Gasteiger partial charge in [-0.05, 0) is 57.2 Å². The number of hydrogen-bond acceptors (Lipinski definition) is 4. The lowest BCUT2D eigenvalue weighted by Crippen LogP contribution is -2.58. The van der Waals surface area contributed by atoms with Crippen LogP contribution in [0.2, 0.25) is 0 Å². The Morgan fingerprint density at radius 2 is 1.92 bits per heavy atom. The molecular formula is C28H40N4O4. The summed E-state index contributed by atoms with van der Waals surface area (Å²) in [7, 11) is 1.65. The summed E-state index contributed by atoms with van der Waals surface area (Å²) in [4.78, 5) is 34.0. The zero-order valence-electron chi connectivity index (χ0n) is 21.8. The Morgan fingerprint density at radius 1 is 1.19 bits per heavy atom. The lowest BCUT2D eigenvalue weighted by atomic mass is 9.68. The van der Waals surface area contributed by atoms with Gasteiger partial charge in [-0.3, -0.25) is 4.79 Å². The van der Waals surface area contributed by atoms with Crippen LogP contribution in [0.1, 0.15) is 76.1 Å². The maximum Gasteiger partial charge on any atom is 0.318 e. The van der Waals surface area contributed by atoms with E-state index in [0.29, 0.717) is 25.5 Å². The van der Waals surface area contributed by atoms with Crippen LogP contribution in [0.4, 0.5) is 4.79 Å². The number of methoxy groups -OCH3 is 1. The van der Waals surface area contributed by atoms with E-state index in [0.717, 1.165) is 60.9 Å². The molecule has 196 valence electrons. The molecule has 5 rings (SSSR count). The first kappa shape index (κ1) is 24.9. The number of aliphatic hydroxyl groups is 1. The Morgan fingerprint density at radius 3 is 2.56 bits per heavy atom. The van der Waals surface area contributed by atoms with E-state index in [4.69, 9.17) is 4.74 Å². The third kappa shape index (κ3) is 4.33. The van der Waals surface area contributed by atoms with Gasteiger partial charge in [-0.25, -0.2) is 4.79 Å². The molecule has 8 heteroatoms. The fourth-order valence-electron chi connectivity index (χ4n) is 6.72. The number of aromatic amines is 1. The van der Waals surface area contributed by atoms with Gasteiger partial charge in [0.25, 0.3) is 0 Å². The highest BCUT2D eigenvalue weighted by Crippen LogP contribution is 2.49. The standard InChI is InChI=1S/C28H40N4O4/c1-18(2)29-27(35)32-17-28(11-13-31(14-12-28)26(34)19-7-5-4-6-8-19)24-21-10-9-20(36-3)15-22(21)30-25(24)23(32)16-33/h9-10,15,18-19,23,30,33H,4-8,11-14,16-17H2,1-3H3,(H,29,35)/t23-/m0/s1. The average molecular weight is 497 g/mol. The number of nitrogens with zero attached hydrogens (tertiary/aromatic N) is 2. The molecule has 1 saturated carbocycles. The highest BCUT2D eigenvalue weighted by Gasteiger charge is 2.49. The molecule has 3 heterocycles. The fraction of sp³-hybridized carbons (Fsp3) is 0.643. The Balaban J connectivity index is 1.51. The molecule has 3 amide bonds. The molecule has 2 fully saturated rings. The van der Waals surface area contributed by atoms with E-state index in [2.05, 4.69) is 21.3 Å². The van der Waals surface area contributed by atoms with Crippen molar-refractivity contribution in [2.45, 2.75) is 76.3 Å². The molecule has 1 aliphatic carbocycles. The molecule has 2 aromatic rings. The minimum Gasteiger partial charge on any atom is -0.497 e. The number of aromatic nitrogens is 1. The molecule has 3 aliphatic rings. The first-order valence-electron chi connectivity index (χ1n) is 13.5. The number of ether oxygens (including phenoxy) is 1. The molecule has 2 aliphatic heterocycles. The van der Waals surface area contributed by atoms with Crippen LogP contribution in [0.25, 0.3) is 10.9 Å². The number of nitrogens with one attached hydrogen (secondary N) is 2. The normalized spacial score (nSPS) is 22.2. The van der Waals surface area contributed by atoms with E-state index in [1.165, 1.54) is 12.0 Å². The van der Waals surface area contributed by atoms with Gasteiger partial charge in [-0.2, -0.15) is 0 Å². The zero-order chi connectivity index (χ0) is 25.4. The van der Waals surface area contributed by atoms with Crippen molar-refractivity contribution in [1.82, 2.24) is 20.1 Å². The number of fused-ring (bicyclic) bond motifs is 4. The number of urea groups is 1. The van der Waals surface area contributed by atoms with E-state index < -0.39 is 6.04 Å². The molecule has 1 aromatic carbocycles. The highest BCUT2D eigenvalue weighted by atomic mass is 16.5. The van der Waals surface area contributed by atoms with Crippen molar-refractivity contribution in [2.24, 2.45) is 5.92 Å². The van der Waals surface area contributed by atoms with Crippen LogP contribution in [0.15, 0.2) is 18.2 Å². The molecule has 0 bridgehead atoms. The van der Waals surface area contributed by atoms with Gasteiger partial charge in [0, 0.05) is 59.7 Å². The van der Waals surface area contributed by atoms with Gasteiger partial charge < -0.3 is 29.9 Å². The van der Waals surface area contributed by atoms with Gasteiger partial charge in [0.15, 0.2) is 0 Å². The summed E-state index contributed by atoms with van der Waals surface area (Å²) in [5.74, 6) is 1.24. The maximum atomic E-state index is 13.3. The summed E-state index contributed by atoms with van der Waals surface area (Å²) in [6.07, 6.45) is 7.15. The topological polar surface area (TPSA) is 97.9 Å². The van der Waals surface area contributed by atoms with Gasteiger partial charge in [0.05, 0.1) is 19.8 Å². The van der Waals surface area contributed by atoms with E-state index in [1.807, 2.05) is 26.0 Å². The zero-order valence-corrected chi connectivity index (χ0v) is 21.8. The highest BCUT2D eigenvalue weighted by molar-refractivity contribution is 5.89. The van der Waals surface area contributed by atoms with Crippen molar-refractivity contribution in [3.63, 3.8) is 0 Å². The molecule has 0 radical (unpaired) electrons. The smallest absolute Gasteiger partial charge is 0.318 e. The Bertz CT molecular complexity index is 1110. The van der Waals surface area contributed by atoms with E-state index in [1.54, 1.807) is 12.0 Å². The molecule has 8 nitrogen and oxygen atoms in total. The largest absolute Gasteiger partial charge is 0.497 e. The number of benzene rings is 1. The van der Waals surface area contributed by atoms with Crippen molar-refractivity contribution in [2.75, 3.05) is 33.4 Å². The van der Waals surface area contributed by atoms with Crippen molar-refractivity contribution in [3.8, 4) is 5.75 Å². The molecule has 36 heavy (non-hydrogen) atoms. The monoisotopic (exact) mass is 496 g/mol. The second-order valence-corrected chi connectivity index (χ2v) is 11.2. The first-order chi connectivity index (χ1) is 17.4. The molecule has 1 aromatic heterocycles. The Labute approximate surface area is 213 Å². The summed E-state index contributed by atoms with van der Waals surface area (Å²) in [5.41, 5.74) is 2.76. The molecule has 0 unspecified atom stereocenters. The van der Waals surface area contributed by atoms with Gasteiger partial charge in [-0.15, -0.1) is 0 Å². The van der Waals surface area contributed by atoms with Gasteiger partial charge >= 0.3 is 6.03 Å². The van der Waals surface area contributed by atoms with Crippen LogP contribution in [0.3, 0.4) is 0 Å². The second-order valence-electron chi connectivity index (χ2n) is 11.2. The quantitative estimate of drug-likeness (QED) is 0.594. The first-order valence-corrected chi connectivity index (χ1v) is 13.5. The Hall–Kier alpha value is -2.74. The van der Waals surface area contributed by atoms with Crippen LogP contribution in [0.5, 0.6) is 5.75 Å². The molecule has 1 saturated heterocycles. The third-order valence-corrected chi connectivity index (χ3v) is 8.58. The second kappa shape index (κ2) is 9.96. The number of amides is 3. The van der Waals surface area contributed by atoms with E-state index in [9.17, 15) is 14.7 Å². The summed E-state index contributed by atoms with van der Waals surface area (Å²) < 4.78 is 5.46.